The standard InChI is InChI=1S/C15H14ClN3O/c1-15(2)11-5-4-9(6-12(11)19(3)13(15)20)10-7-17-14(16)18-8-10/h4-8H,1-3H3. The van der Waals surface area contributed by atoms with Crippen molar-refractivity contribution >= 4 is 23.2 Å². The van der Waals surface area contributed by atoms with Gasteiger partial charge in [0.25, 0.3) is 0 Å². The lowest BCUT2D eigenvalue weighted by atomic mass is 9.85. The molecule has 0 saturated heterocycles. The van der Waals surface area contributed by atoms with Crippen LogP contribution in [0.1, 0.15) is 19.4 Å². The average molecular weight is 288 g/mol. The highest BCUT2D eigenvalue weighted by Gasteiger charge is 2.42. The molecule has 5 heteroatoms. The summed E-state index contributed by atoms with van der Waals surface area (Å²) in [5.74, 6) is 0.108. The molecule has 1 aromatic heterocycles. The lowest BCUT2D eigenvalue weighted by molar-refractivity contribution is -0.121. The maximum Gasteiger partial charge on any atom is 0.236 e. The largest absolute Gasteiger partial charge is 0.314 e. The molecule has 0 bridgehead atoms. The van der Waals surface area contributed by atoms with Gasteiger partial charge in [-0.05, 0) is 42.6 Å². The van der Waals surface area contributed by atoms with Gasteiger partial charge in [-0.3, -0.25) is 4.79 Å². The van der Waals surface area contributed by atoms with E-state index in [1.807, 2.05) is 32.0 Å². The molecule has 2 heterocycles. The molecule has 0 fully saturated rings. The first-order valence-electron chi connectivity index (χ1n) is 6.32. The highest BCUT2D eigenvalue weighted by molar-refractivity contribution is 6.28. The van der Waals surface area contributed by atoms with Crippen LogP contribution in [0.2, 0.25) is 5.28 Å². The van der Waals surface area contributed by atoms with Crippen molar-refractivity contribution in [2.45, 2.75) is 19.3 Å². The molecule has 0 N–H and O–H groups in total. The lowest BCUT2D eigenvalue weighted by Gasteiger charge is -2.16. The molecule has 0 spiro atoms. The third-order valence-electron chi connectivity index (χ3n) is 3.83. The van der Waals surface area contributed by atoms with Gasteiger partial charge in [-0.2, -0.15) is 0 Å². The highest BCUT2D eigenvalue weighted by Crippen LogP contribution is 2.42. The molecule has 1 aromatic carbocycles. The first-order valence-corrected chi connectivity index (χ1v) is 6.69. The van der Waals surface area contributed by atoms with E-state index in [-0.39, 0.29) is 11.2 Å². The minimum Gasteiger partial charge on any atom is -0.314 e. The Morgan fingerprint density at radius 1 is 1.15 bits per heavy atom. The van der Waals surface area contributed by atoms with E-state index in [9.17, 15) is 4.79 Å². The van der Waals surface area contributed by atoms with Gasteiger partial charge in [0.2, 0.25) is 11.2 Å². The zero-order valence-corrected chi connectivity index (χ0v) is 12.3. The number of hydrogen-bond donors (Lipinski definition) is 0. The zero-order valence-electron chi connectivity index (χ0n) is 11.5. The summed E-state index contributed by atoms with van der Waals surface area (Å²) in [6.45, 7) is 3.89. The van der Waals surface area contributed by atoms with Crippen LogP contribution < -0.4 is 4.90 Å². The normalized spacial score (nSPS) is 16.4. The minimum absolute atomic E-state index is 0.108. The number of likely N-dealkylation sites (N-methyl/N-ethyl adjacent to an activating group) is 1. The van der Waals surface area contributed by atoms with Gasteiger partial charge < -0.3 is 4.90 Å². The molecule has 1 aliphatic rings. The fourth-order valence-electron chi connectivity index (χ4n) is 2.62. The zero-order chi connectivity index (χ0) is 14.5. The quantitative estimate of drug-likeness (QED) is 0.757. The Bertz CT molecular complexity index is 695. The van der Waals surface area contributed by atoms with Crippen molar-refractivity contribution in [3.8, 4) is 11.1 Å². The predicted octanol–water partition coefficient (Wildman–Crippen LogP) is 3.05. The number of amides is 1. The number of rotatable bonds is 1. The van der Waals surface area contributed by atoms with Crippen LogP contribution in [0, 0.1) is 0 Å². The summed E-state index contributed by atoms with van der Waals surface area (Å²) < 4.78 is 0. The second-order valence-electron chi connectivity index (χ2n) is 5.46. The Labute approximate surface area is 122 Å². The number of carbonyl (C=O) groups excluding carboxylic acids is 1. The van der Waals surface area contributed by atoms with E-state index in [4.69, 9.17) is 11.6 Å². The summed E-state index contributed by atoms with van der Waals surface area (Å²) >= 11 is 5.70. The van der Waals surface area contributed by atoms with Crippen LogP contribution >= 0.6 is 11.6 Å². The van der Waals surface area contributed by atoms with Gasteiger partial charge in [0.15, 0.2) is 0 Å². The van der Waals surface area contributed by atoms with Crippen molar-refractivity contribution in [2.24, 2.45) is 0 Å². The van der Waals surface area contributed by atoms with Crippen molar-refractivity contribution in [1.82, 2.24) is 9.97 Å². The first-order chi connectivity index (χ1) is 9.41. The first kappa shape index (κ1) is 13.1. The number of carbonyl (C=O) groups is 1. The number of fused-ring (bicyclic) bond motifs is 1. The van der Waals surface area contributed by atoms with Gasteiger partial charge >= 0.3 is 0 Å². The van der Waals surface area contributed by atoms with E-state index in [0.717, 1.165) is 22.4 Å². The molecule has 0 radical (unpaired) electrons. The number of halogens is 1. The predicted molar refractivity (Wildman–Crippen MR) is 78.9 cm³/mol. The molecular formula is C15H14ClN3O. The van der Waals surface area contributed by atoms with Crippen LogP contribution in [-0.2, 0) is 10.2 Å². The number of anilines is 1. The molecule has 0 unspecified atom stereocenters. The number of nitrogens with zero attached hydrogens (tertiary/aromatic N) is 3. The van der Waals surface area contributed by atoms with Crippen molar-refractivity contribution in [2.75, 3.05) is 11.9 Å². The second kappa shape index (κ2) is 4.28. The summed E-state index contributed by atoms with van der Waals surface area (Å²) in [7, 11) is 1.80. The van der Waals surface area contributed by atoms with Crippen molar-refractivity contribution in [1.29, 1.82) is 0 Å². The Kier molecular flexibility index (Phi) is 2.80. The number of aromatic nitrogens is 2. The summed E-state index contributed by atoms with van der Waals surface area (Å²) in [5, 5.41) is 0.225. The molecule has 2 aromatic rings. The third-order valence-corrected chi connectivity index (χ3v) is 4.02. The van der Waals surface area contributed by atoms with Crippen LogP contribution in [0.25, 0.3) is 11.1 Å². The fourth-order valence-corrected chi connectivity index (χ4v) is 2.72. The van der Waals surface area contributed by atoms with E-state index >= 15 is 0 Å². The maximum absolute atomic E-state index is 12.3. The number of benzene rings is 1. The van der Waals surface area contributed by atoms with Crippen molar-refractivity contribution in [3.63, 3.8) is 0 Å². The lowest BCUT2D eigenvalue weighted by Crippen LogP contribution is -2.33. The smallest absolute Gasteiger partial charge is 0.236 e. The van der Waals surface area contributed by atoms with E-state index in [1.165, 1.54) is 0 Å². The minimum atomic E-state index is -0.473. The summed E-state index contributed by atoms with van der Waals surface area (Å²) in [4.78, 5) is 21.9. The Morgan fingerprint density at radius 2 is 1.80 bits per heavy atom. The Hall–Kier alpha value is -1.94. The molecule has 102 valence electrons. The van der Waals surface area contributed by atoms with Crippen molar-refractivity contribution in [3.05, 3.63) is 41.4 Å². The molecular weight excluding hydrogens is 274 g/mol. The molecule has 0 atom stereocenters. The van der Waals surface area contributed by atoms with Crippen LogP contribution in [0.15, 0.2) is 30.6 Å². The van der Waals surface area contributed by atoms with Gasteiger partial charge in [-0.25, -0.2) is 9.97 Å². The summed E-state index contributed by atoms with van der Waals surface area (Å²) in [5.41, 5.74) is 3.36. The van der Waals surface area contributed by atoms with E-state index in [1.54, 1.807) is 24.3 Å². The summed E-state index contributed by atoms with van der Waals surface area (Å²) in [6.07, 6.45) is 3.36. The Balaban J connectivity index is 2.12. The van der Waals surface area contributed by atoms with Crippen LogP contribution in [0.4, 0.5) is 5.69 Å². The summed E-state index contributed by atoms with van der Waals surface area (Å²) in [6, 6.07) is 5.98. The van der Waals surface area contributed by atoms with Crippen LogP contribution in [0.5, 0.6) is 0 Å². The van der Waals surface area contributed by atoms with Gasteiger partial charge in [0, 0.05) is 30.7 Å². The van der Waals surface area contributed by atoms with Gasteiger partial charge in [0.1, 0.15) is 0 Å². The van der Waals surface area contributed by atoms with Gasteiger partial charge in [-0.1, -0.05) is 12.1 Å². The van der Waals surface area contributed by atoms with Crippen LogP contribution in [-0.4, -0.2) is 22.9 Å². The van der Waals surface area contributed by atoms with Crippen molar-refractivity contribution < 1.29 is 4.79 Å². The molecule has 1 aliphatic heterocycles. The monoisotopic (exact) mass is 287 g/mol. The van der Waals surface area contributed by atoms with Gasteiger partial charge in [0.05, 0.1) is 5.41 Å². The Morgan fingerprint density at radius 3 is 2.45 bits per heavy atom. The second-order valence-corrected chi connectivity index (χ2v) is 5.80. The van der Waals surface area contributed by atoms with Gasteiger partial charge in [-0.15, -0.1) is 0 Å². The van der Waals surface area contributed by atoms with E-state index < -0.39 is 5.41 Å². The fraction of sp³-hybridized carbons (Fsp3) is 0.267. The molecule has 4 nitrogen and oxygen atoms in total. The molecule has 20 heavy (non-hydrogen) atoms. The molecule has 0 aliphatic carbocycles. The van der Waals surface area contributed by atoms with E-state index in [2.05, 4.69) is 9.97 Å². The van der Waals surface area contributed by atoms with Crippen LogP contribution in [0.3, 0.4) is 0 Å². The highest BCUT2D eigenvalue weighted by atomic mass is 35.5. The van der Waals surface area contributed by atoms with E-state index in [0.29, 0.717) is 0 Å². The topological polar surface area (TPSA) is 46.1 Å². The average Bonchev–Trinajstić information content (AvgIpc) is 2.61. The molecule has 3 rings (SSSR count). The molecule has 0 saturated carbocycles. The third kappa shape index (κ3) is 1.79. The maximum atomic E-state index is 12.3. The molecule has 1 amide bonds. The number of hydrogen-bond acceptors (Lipinski definition) is 3. The SMILES string of the molecule is CN1C(=O)C(C)(C)c2ccc(-c3cnc(Cl)nc3)cc21.